The van der Waals surface area contributed by atoms with Crippen LogP contribution in [0.3, 0.4) is 0 Å². The molecule has 1 aliphatic carbocycles. The molecule has 2 fully saturated rings. The molecule has 1 saturated heterocycles. The highest BCUT2D eigenvalue weighted by atomic mass is 15.3. The molecule has 2 rings (SSSR count). The molecule has 2 bridgehead atoms. The molecule has 112 valence electrons. The topological polar surface area (TPSA) is 3.24 Å². The molecule has 3 atom stereocenters. The minimum Gasteiger partial charge on any atom is -0.290 e. The van der Waals surface area contributed by atoms with E-state index in [0.29, 0.717) is 16.4 Å². The van der Waals surface area contributed by atoms with Gasteiger partial charge in [0.2, 0.25) is 0 Å². The number of hydrogen-bond acceptors (Lipinski definition) is 1. The van der Waals surface area contributed by atoms with Crippen molar-refractivity contribution < 1.29 is 0 Å². The van der Waals surface area contributed by atoms with Gasteiger partial charge < -0.3 is 0 Å². The smallest absolute Gasteiger partial charge is 0.0198 e. The lowest BCUT2D eigenvalue weighted by Crippen LogP contribution is -2.60. The van der Waals surface area contributed by atoms with Crippen molar-refractivity contribution in [3.8, 4) is 0 Å². The first-order valence-electron chi connectivity index (χ1n) is 8.01. The number of fused-ring (bicyclic) bond motifs is 2. The Morgan fingerprint density at radius 1 is 0.895 bits per heavy atom. The van der Waals surface area contributed by atoms with Gasteiger partial charge in [0.15, 0.2) is 0 Å². The molecule has 0 aromatic heterocycles. The van der Waals surface area contributed by atoms with Crippen LogP contribution in [0.4, 0.5) is 0 Å². The Labute approximate surface area is 121 Å². The van der Waals surface area contributed by atoms with Crippen molar-refractivity contribution in [2.75, 3.05) is 0 Å². The maximum atomic E-state index is 2.83. The Balaban J connectivity index is 2.49. The van der Waals surface area contributed by atoms with Gasteiger partial charge in [0.05, 0.1) is 0 Å². The van der Waals surface area contributed by atoms with E-state index in [2.05, 4.69) is 74.1 Å². The molecule has 0 aromatic carbocycles. The van der Waals surface area contributed by atoms with Gasteiger partial charge in [0, 0.05) is 17.1 Å². The number of nitrogens with zero attached hydrogens (tertiary/aromatic N) is 1. The molecule has 1 nitrogen and oxygen atoms in total. The van der Waals surface area contributed by atoms with Gasteiger partial charge in [-0.05, 0) is 63.7 Å². The fraction of sp³-hybridized carbons (Fsp3) is 1.00. The second-order valence-corrected chi connectivity index (χ2v) is 10.2. The quantitative estimate of drug-likeness (QED) is 0.598. The van der Waals surface area contributed by atoms with Crippen molar-refractivity contribution in [3.05, 3.63) is 0 Å². The number of piperidine rings is 1. The van der Waals surface area contributed by atoms with E-state index in [1.807, 2.05) is 0 Å². The molecule has 1 saturated carbocycles. The van der Waals surface area contributed by atoms with E-state index >= 15 is 0 Å². The molecule has 1 unspecified atom stereocenters. The highest BCUT2D eigenvalue weighted by Crippen LogP contribution is 2.66. The van der Waals surface area contributed by atoms with Crippen molar-refractivity contribution in [1.82, 2.24) is 4.90 Å². The summed E-state index contributed by atoms with van der Waals surface area (Å²) in [6.07, 6.45) is 1.38. The molecular weight excluding hydrogens is 230 g/mol. The van der Waals surface area contributed by atoms with Gasteiger partial charge >= 0.3 is 0 Å². The summed E-state index contributed by atoms with van der Waals surface area (Å²) in [6.45, 7) is 24.5. The maximum absolute atomic E-state index is 2.83. The van der Waals surface area contributed by atoms with Gasteiger partial charge in [-0.15, -0.1) is 0 Å². The minimum atomic E-state index is 0.267. The summed E-state index contributed by atoms with van der Waals surface area (Å²) in [7, 11) is 0. The standard InChI is InChI=1S/C18H35N/c1-15(2,3)12-11-13-17(7,8)14(12)18(9,10)19(13)16(4,5)6/h12-14H,11H2,1-10H3/t12?,13-,14+/m0/s1. The van der Waals surface area contributed by atoms with E-state index < -0.39 is 0 Å². The fourth-order valence-electron chi connectivity index (χ4n) is 5.98. The second kappa shape index (κ2) is 3.78. The van der Waals surface area contributed by atoms with Crippen LogP contribution in [0.1, 0.15) is 75.7 Å². The monoisotopic (exact) mass is 265 g/mol. The molecule has 1 aliphatic heterocycles. The molecule has 1 heteroatoms. The highest BCUT2D eigenvalue weighted by molar-refractivity contribution is 5.20. The zero-order chi connectivity index (χ0) is 15.0. The van der Waals surface area contributed by atoms with Gasteiger partial charge in [-0.3, -0.25) is 4.90 Å². The molecule has 0 radical (unpaired) electrons. The van der Waals surface area contributed by atoms with Crippen LogP contribution in [-0.2, 0) is 0 Å². The zero-order valence-corrected chi connectivity index (χ0v) is 14.9. The SMILES string of the molecule is CC(C)(C)C1C[C@@H]2N(C(C)(C)C)C(C)(C)[C@H]1C2(C)C. The Kier molecular flexibility index (Phi) is 3.06. The summed E-state index contributed by atoms with van der Waals surface area (Å²) >= 11 is 0. The van der Waals surface area contributed by atoms with Gasteiger partial charge in [-0.25, -0.2) is 0 Å². The van der Waals surface area contributed by atoms with Crippen LogP contribution in [0.5, 0.6) is 0 Å². The van der Waals surface area contributed by atoms with Crippen molar-refractivity contribution in [2.45, 2.75) is 92.8 Å². The molecular formula is C18H35N. The largest absolute Gasteiger partial charge is 0.290 e. The van der Waals surface area contributed by atoms with E-state index in [1.165, 1.54) is 6.42 Å². The summed E-state index contributed by atoms with van der Waals surface area (Å²) in [4.78, 5) is 2.83. The zero-order valence-electron chi connectivity index (χ0n) is 14.9. The van der Waals surface area contributed by atoms with E-state index in [-0.39, 0.29) is 5.54 Å². The summed E-state index contributed by atoms with van der Waals surface area (Å²) in [5, 5.41) is 0. The van der Waals surface area contributed by atoms with Gasteiger partial charge in [-0.2, -0.15) is 0 Å². The Hall–Kier alpha value is -0.0400. The lowest BCUT2D eigenvalue weighted by atomic mass is 9.63. The van der Waals surface area contributed by atoms with E-state index in [0.717, 1.165) is 17.9 Å². The fourth-order valence-corrected chi connectivity index (χ4v) is 5.98. The van der Waals surface area contributed by atoms with Crippen LogP contribution in [0, 0.1) is 22.7 Å². The minimum absolute atomic E-state index is 0.267. The highest BCUT2D eigenvalue weighted by Gasteiger charge is 2.68. The molecule has 0 aromatic rings. The average molecular weight is 265 g/mol. The normalized spacial score (nSPS) is 37.9. The molecule has 0 amide bonds. The Morgan fingerprint density at radius 2 is 1.37 bits per heavy atom. The first-order valence-corrected chi connectivity index (χ1v) is 8.01. The van der Waals surface area contributed by atoms with E-state index in [1.54, 1.807) is 0 Å². The first kappa shape index (κ1) is 15.4. The Bertz CT molecular complexity index is 364. The van der Waals surface area contributed by atoms with Crippen LogP contribution in [0.15, 0.2) is 0 Å². The number of hydrogen-bond donors (Lipinski definition) is 0. The summed E-state index contributed by atoms with van der Waals surface area (Å²) in [5.41, 5.74) is 1.44. The lowest BCUT2D eigenvalue weighted by molar-refractivity contribution is -0.0508. The average Bonchev–Trinajstić information content (AvgIpc) is 2.42. The summed E-state index contributed by atoms with van der Waals surface area (Å²) in [6, 6.07) is 0.733. The maximum Gasteiger partial charge on any atom is 0.0198 e. The van der Waals surface area contributed by atoms with Crippen molar-refractivity contribution in [1.29, 1.82) is 0 Å². The first-order chi connectivity index (χ1) is 8.22. The molecule has 1 heterocycles. The number of rotatable bonds is 0. The van der Waals surface area contributed by atoms with Crippen LogP contribution in [0.25, 0.3) is 0 Å². The third-order valence-corrected chi connectivity index (χ3v) is 6.07. The predicted octanol–water partition coefficient (Wildman–Crippen LogP) is 4.96. The third-order valence-electron chi connectivity index (χ3n) is 6.07. The van der Waals surface area contributed by atoms with Crippen LogP contribution in [0.2, 0.25) is 0 Å². The third kappa shape index (κ3) is 1.99. The van der Waals surface area contributed by atoms with Crippen molar-refractivity contribution in [3.63, 3.8) is 0 Å². The number of likely N-dealkylation sites (tertiary alicyclic amines) is 1. The van der Waals surface area contributed by atoms with Gasteiger partial charge in [-0.1, -0.05) is 34.6 Å². The Morgan fingerprint density at radius 3 is 1.68 bits per heavy atom. The van der Waals surface area contributed by atoms with E-state index in [9.17, 15) is 0 Å². The molecule has 2 aliphatic rings. The van der Waals surface area contributed by atoms with Crippen molar-refractivity contribution >= 4 is 0 Å². The molecule has 0 N–H and O–H groups in total. The summed E-state index contributed by atoms with van der Waals surface area (Å²) in [5.74, 6) is 1.64. The molecule has 0 spiro atoms. The van der Waals surface area contributed by atoms with Crippen LogP contribution >= 0.6 is 0 Å². The van der Waals surface area contributed by atoms with Gasteiger partial charge in [0.1, 0.15) is 0 Å². The van der Waals surface area contributed by atoms with Crippen LogP contribution in [-0.4, -0.2) is 22.0 Å². The molecule has 19 heavy (non-hydrogen) atoms. The van der Waals surface area contributed by atoms with E-state index in [4.69, 9.17) is 0 Å². The predicted molar refractivity (Wildman–Crippen MR) is 84.3 cm³/mol. The van der Waals surface area contributed by atoms with Gasteiger partial charge in [0.25, 0.3) is 0 Å². The summed E-state index contributed by atoms with van der Waals surface area (Å²) < 4.78 is 0. The second-order valence-electron chi connectivity index (χ2n) is 10.2. The van der Waals surface area contributed by atoms with Crippen LogP contribution < -0.4 is 0 Å². The van der Waals surface area contributed by atoms with Crippen molar-refractivity contribution in [2.24, 2.45) is 22.7 Å². The lowest BCUT2D eigenvalue weighted by Gasteiger charge is -2.54.